The van der Waals surface area contributed by atoms with Crippen molar-refractivity contribution in [2.75, 3.05) is 0 Å². The molecule has 0 nitrogen and oxygen atoms in total. The van der Waals surface area contributed by atoms with E-state index in [1.165, 1.54) is 99.3 Å². The molecule has 0 spiro atoms. The second kappa shape index (κ2) is 19.0. The molecule has 1 aromatic rings. The Morgan fingerprint density at radius 1 is 0.679 bits per heavy atom. The lowest BCUT2D eigenvalue weighted by Crippen LogP contribution is -1.85. The normalized spacial score (nSPS) is 11.9. The predicted octanol–water partition coefficient (Wildman–Crippen LogP) is 10.2. The summed E-state index contributed by atoms with van der Waals surface area (Å²) in [7, 11) is 0. The first kappa shape index (κ1) is 26.7. The molecule has 0 saturated heterocycles. The molecular weight excluding hydrogens is 336 g/mol. The van der Waals surface area contributed by atoms with E-state index in [1.54, 1.807) is 0 Å². The molecule has 0 aliphatic rings. The third kappa shape index (κ3) is 13.8. The highest BCUT2D eigenvalue weighted by molar-refractivity contribution is 5.70. The molecule has 28 heavy (non-hydrogen) atoms. The van der Waals surface area contributed by atoms with Gasteiger partial charge in [-0.05, 0) is 62.0 Å². The van der Waals surface area contributed by atoms with Gasteiger partial charge in [0.25, 0.3) is 0 Å². The SMILES string of the molecule is C/C=C(\C)c1cccc(/C(C)=C/CCCCCCCCCCC)c1.CCCC. The van der Waals surface area contributed by atoms with Gasteiger partial charge < -0.3 is 0 Å². The highest BCUT2D eigenvalue weighted by Gasteiger charge is 1.99. The summed E-state index contributed by atoms with van der Waals surface area (Å²) in [6, 6.07) is 8.92. The van der Waals surface area contributed by atoms with Crippen molar-refractivity contribution in [2.45, 2.75) is 119 Å². The molecule has 0 N–H and O–H groups in total. The largest absolute Gasteiger partial charge is 0.0841 e. The molecule has 0 aromatic heterocycles. The van der Waals surface area contributed by atoms with Crippen molar-refractivity contribution in [3.63, 3.8) is 0 Å². The number of hydrogen-bond donors (Lipinski definition) is 0. The molecule has 0 radical (unpaired) electrons. The maximum absolute atomic E-state index is 2.42. The lowest BCUT2D eigenvalue weighted by atomic mass is 9.99. The molecule has 160 valence electrons. The van der Waals surface area contributed by atoms with Gasteiger partial charge in [0.05, 0.1) is 0 Å². The van der Waals surface area contributed by atoms with E-state index in [2.05, 4.69) is 78.0 Å². The van der Waals surface area contributed by atoms with Crippen molar-refractivity contribution >= 4 is 11.1 Å². The van der Waals surface area contributed by atoms with Gasteiger partial charge >= 0.3 is 0 Å². The Morgan fingerprint density at radius 3 is 1.68 bits per heavy atom. The summed E-state index contributed by atoms with van der Waals surface area (Å²) in [6.07, 6.45) is 21.1. The van der Waals surface area contributed by atoms with Crippen molar-refractivity contribution in [3.8, 4) is 0 Å². The van der Waals surface area contributed by atoms with Gasteiger partial charge in [0, 0.05) is 0 Å². The van der Waals surface area contributed by atoms with Crippen LogP contribution < -0.4 is 0 Å². The van der Waals surface area contributed by atoms with Crippen LogP contribution in [0.2, 0.25) is 0 Å². The Balaban J connectivity index is 0.00000165. The van der Waals surface area contributed by atoms with Crippen LogP contribution in [-0.2, 0) is 0 Å². The summed E-state index contributed by atoms with van der Waals surface area (Å²) in [6.45, 7) is 13.2. The Kier molecular flexibility index (Phi) is 18.2. The molecular formula is C28H48. The average Bonchev–Trinajstić information content (AvgIpc) is 2.74. The Hall–Kier alpha value is -1.30. The van der Waals surface area contributed by atoms with Crippen molar-refractivity contribution < 1.29 is 0 Å². The van der Waals surface area contributed by atoms with Crippen molar-refractivity contribution in [2.24, 2.45) is 0 Å². The van der Waals surface area contributed by atoms with Crippen LogP contribution in [0, 0.1) is 0 Å². The second-order valence-electron chi connectivity index (χ2n) is 8.06. The zero-order valence-corrected chi connectivity index (χ0v) is 19.9. The molecule has 0 heterocycles. The minimum Gasteiger partial charge on any atom is -0.0841 e. The number of benzene rings is 1. The van der Waals surface area contributed by atoms with Crippen molar-refractivity contribution in [3.05, 3.63) is 47.5 Å². The van der Waals surface area contributed by atoms with Crippen LogP contribution in [0.1, 0.15) is 130 Å². The average molecular weight is 385 g/mol. The van der Waals surface area contributed by atoms with E-state index in [-0.39, 0.29) is 0 Å². The maximum atomic E-state index is 2.42. The van der Waals surface area contributed by atoms with Gasteiger partial charge in [-0.2, -0.15) is 0 Å². The first-order valence-electron chi connectivity index (χ1n) is 12.0. The van der Waals surface area contributed by atoms with Crippen LogP contribution in [0.5, 0.6) is 0 Å². The van der Waals surface area contributed by atoms with Gasteiger partial charge in [-0.3, -0.25) is 0 Å². The summed E-state index contributed by atoms with van der Waals surface area (Å²) >= 11 is 0. The van der Waals surface area contributed by atoms with E-state index < -0.39 is 0 Å². The monoisotopic (exact) mass is 384 g/mol. The lowest BCUT2D eigenvalue weighted by Gasteiger charge is -2.06. The van der Waals surface area contributed by atoms with Crippen LogP contribution in [-0.4, -0.2) is 0 Å². The Labute approximate surface area is 177 Å². The molecule has 1 aromatic carbocycles. The van der Waals surface area contributed by atoms with Crippen LogP contribution >= 0.6 is 0 Å². The lowest BCUT2D eigenvalue weighted by molar-refractivity contribution is 0.566. The quantitative estimate of drug-likeness (QED) is 0.297. The molecule has 0 amide bonds. The number of allylic oxidation sites excluding steroid dienone is 4. The van der Waals surface area contributed by atoms with E-state index in [0.717, 1.165) is 0 Å². The molecule has 0 heteroatoms. The molecule has 0 saturated carbocycles. The zero-order valence-electron chi connectivity index (χ0n) is 19.9. The van der Waals surface area contributed by atoms with Gasteiger partial charge in [0.1, 0.15) is 0 Å². The molecule has 0 aliphatic heterocycles. The maximum Gasteiger partial charge on any atom is -0.0224 e. The van der Waals surface area contributed by atoms with Gasteiger partial charge in [-0.25, -0.2) is 0 Å². The van der Waals surface area contributed by atoms with Crippen molar-refractivity contribution in [1.29, 1.82) is 0 Å². The summed E-state index contributed by atoms with van der Waals surface area (Å²) in [5, 5.41) is 0. The number of unbranched alkanes of at least 4 members (excludes halogenated alkanes) is 10. The minimum atomic E-state index is 1.22. The van der Waals surface area contributed by atoms with Crippen LogP contribution in [0.3, 0.4) is 0 Å². The second-order valence-corrected chi connectivity index (χ2v) is 8.06. The van der Waals surface area contributed by atoms with E-state index in [1.807, 2.05) is 0 Å². The van der Waals surface area contributed by atoms with Gasteiger partial charge in [-0.1, -0.05) is 115 Å². The standard InChI is InChI=1S/C24H38.C4H10/c1-5-7-8-9-10-11-12-13-14-15-17-22(4)24-19-16-18-23(20-24)21(3)6-2;1-3-4-2/h6,16-20H,5,7-15H2,1-4H3;3-4H2,1-2H3/b21-6+,22-17+;. The van der Waals surface area contributed by atoms with Gasteiger partial charge in [0.2, 0.25) is 0 Å². The fourth-order valence-corrected chi connectivity index (χ4v) is 3.07. The minimum absolute atomic E-state index is 1.22. The first-order valence-corrected chi connectivity index (χ1v) is 12.0. The highest BCUT2D eigenvalue weighted by atomic mass is 14.0. The molecule has 0 unspecified atom stereocenters. The Bertz CT molecular complexity index is 531. The fourth-order valence-electron chi connectivity index (χ4n) is 3.07. The predicted molar refractivity (Wildman–Crippen MR) is 132 cm³/mol. The van der Waals surface area contributed by atoms with E-state index in [9.17, 15) is 0 Å². The van der Waals surface area contributed by atoms with E-state index in [4.69, 9.17) is 0 Å². The van der Waals surface area contributed by atoms with E-state index in [0.29, 0.717) is 0 Å². The third-order valence-corrected chi connectivity index (χ3v) is 5.46. The molecule has 0 fully saturated rings. The Morgan fingerprint density at radius 2 is 1.18 bits per heavy atom. The van der Waals surface area contributed by atoms with Crippen LogP contribution in [0.25, 0.3) is 11.1 Å². The summed E-state index contributed by atoms with van der Waals surface area (Å²) in [5.74, 6) is 0. The zero-order chi connectivity index (χ0) is 21.0. The smallest absolute Gasteiger partial charge is 0.0224 e. The topological polar surface area (TPSA) is 0 Å². The summed E-state index contributed by atoms with van der Waals surface area (Å²) in [5.41, 5.74) is 5.47. The van der Waals surface area contributed by atoms with Crippen LogP contribution in [0.15, 0.2) is 36.4 Å². The molecule has 0 aliphatic carbocycles. The van der Waals surface area contributed by atoms with Crippen LogP contribution in [0.4, 0.5) is 0 Å². The molecule has 0 bridgehead atoms. The van der Waals surface area contributed by atoms with Crippen molar-refractivity contribution in [1.82, 2.24) is 0 Å². The summed E-state index contributed by atoms with van der Waals surface area (Å²) < 4.78 is 0. The molecule has 1 rings (SSSR count). The highest BCUT2D eigenvalue weighted by Crippen LogP contribution is 2.21. The third-order valence-electron chi connectivity index (χ3n) is 5.46. The van der Waals surface area contributed by atoms with Gasteiger partial charge in [0.15, 0.2) is 0 Å². The number of rotatable bonds is 13. The first-order chi connectivity index (χ1) is 13.6. The summed E-state index contributed by atoms with van der Waals surface area (Å²) in [4.78, 5) is 0. The fraction of sp³-hybridized carbons (Fsp3) is 0.643. The van der Waals surface area contributed by atoms with Gasteiger partial charge in [-0.15, -0.1) is 0 Å². The van der Waals surface area contributed by atoms with E-state index >= 15 is 0 Å². The molecule has 0 atom stereocenters. The number of hydrogen-bond acceptors (Lipinski definition) is 0.